The van der Waals surface area contributed by atoms with E-state index in [0.717, 1.165) is 16.8 Å². The number of halogens is 1. The van der Waals surface area contributed by atoms with Crippen LogP contribution in [0, 0.1) is 6.92 Å². The molecular weight excluding hydrogens is 222 g/mol. The van der Waals surface area contributed by atoms with Gasteiger partial charge in [-0.3, -0.25) is 4.98 Å². The van der Waals surface area contributed by atoms with E-state index in [-0.39, 0.29) is 6.61 Å². The summed E-state index contributed by atoms with van der Waals surface area (Å²) in [5.74, 6) is 0. The Hall–Kier alpha value is -1.38. The summed E-state index contributed by atoms with van der Waals surface area (Å²) in [7, 11) is 0. The standard InChI is InChI=1S/C13H12ClNO/c1-9-2-7-12(13(8-16)15-9)10-3-5-11(14)6-4-10/h2-7,16H,8H2,1H3. The maximum absolute atomic E-state index is 9.27. The van der Waals surface area contributed by atoms with E-state index < -0.39 is 0 Å². The van der Waals surface area contributed by atoms with E-state index in [1.807, 2.05) is 43.3 Å². The molecule has 0 fully saturated rings. The second-order valence-corrected chi connectivity index (χ2v) is 4.05. The van der Waals surface area contributed by atoms with E-state index in [1.165, 1.54) is 0 Å². The first-order valence-electron chi connectivity index (χ1n) is 5.04. The number of aliphatic hydroxyl groups is 1. The van der Waals surface area contributed by atoms with Crippen LogP contribution in [-0.4, -0.2) is 10.1 Å². The van der Waals surface area contributed by atoms with Gasteiger partial charge in [-0.2, -0.15) is 0 Å². The summed E-state index contributed by atoms with van der Waals surface area (Å²) in [5.41, 5.74) is 3.56. The number of pyridine rings is 1. The predicted molar refractivity (Wildman–Crippen MR) is 65.3 cm³/mol. The molecule has 1 N–H and O–H groups in total. The van der Waals surface area contributed by atoms with Crippen molar-refractivity contribution in [3.63, 3.8) is 0 Å². The van der Waals surface area contributed by atoms with Crippen molar-refractivity contribution in [2.24, 2.45) is 0 Å². The number of aryl methyl sites for hydroxylation is 1. The summed E-state index contributed by atoms with van der Waals surface area (Å²) >= 11 is 5.83. The van der Waals surface area contributed by atoms with Crippen molar-refractivity contribution in [1.82, 2.24) is 4.98 Å². The summed E-state index contributed by atoms with van der Waals surface area (Å²) in [4.78, 5) is 4.31. The maximum atomic E-state index is 9.27. The van der Waals surface area contributed by atoms with Crippen molar-refractivity contribution >= 4 is 11.6 Å². The number of aliphatic hydroxyl groups excluding tert-OH is 1. The van der Waals surface area contributed by atoms with Crippen LogP contribution in [0.1, 0.15) is 11.4 Å². The molecule has 0 aliphatic carbocycles. The van der Waals surface area contributed by atoms with Gasteiger partial charge in [0.2, 0.25) is 0 Å². The minimum atomic E-state index is -0.0559. The van der Waals surface area contributed by atoms with Crippen LogP contribution >= 0.6 is 11.6 Å². The smallest absolute Gasteiger partial charge is 0.0859 e. The average Bonchev–Trinajstić information content (AvgIpc) is 2.30. The van der Waals surface area contributed by atoms with Crippen LogP contribution in [-0.2, 0) is 6.61 Å². The highest BCUT2D eigenvalue weighted by molar-refractivity contribution is 6.30. The second-order valence-electron chi connectivity index (χ2n) is 3.61. The van der Waals surface area contributed by atoms with Gasteiger partial charge in [-0.1, -0.05) is 29.8 Å². The molecule has 2 aromatic rings. The predicted octanol–water partition coefficient (Wildman–Crippen LogP) is 3.20. The number of benzene rings is 1. The number of aromatic nitrogens is 1. The molecule has 0 saturated heterocycles. The highest BCUT2D eigenvalue weighted by Crippen LogP contribution is 2.24. The molecule has 0 radical (unpaired) electrons. The molecular formula is C13H12ClNO. The van der Waals surface area contributed by atoms with Gasteiger partial charge in [0.25, 0.3) is 0 Å². The van der Waals surface area contributed by atoms with E-state index >= 15 is 0 Å². The Labute approximate surface area is 99.5 Å². The summed E-state index contributed by atoms with van der Waals surface area (Å²) in [6.07, 6.45) is 0. The van der Waals surface area contributed by atoms with Crippen LogP contribution in [0.4, 0.5) is 0 Å². The normalized spacial score (nSPS) is 10.4. The third-order valence-corrected chi connectivity index (χ3v) is 2.67. The molecule has 0 unspecified atom stereocenters. The van der Waals surface area contributed by atoms with Crippen LogP contribution in [0.25, 0.3) is 11.1 Å². The van der Waals surface area contributed by atoms with E-state index in [0.29, 0.717) is 10.7 Å². The first-order valence-corrected chi connectivity index (χ1v) is 5.42. The molecule has 0 saturated carbocycles. The van der Waals surface area contributed by atoms with Gasteiger partial charge in [0.15, 0.2) is 0 Å². The molecule has 82 valence electrons. The number of hydrogen-bond acceptors (Lipinski definition) is 2. The molecule has 0 bridgehead atoms. The fourth-order valence-electron chi connectivity index (χ4n) is 1.62. The summed E-state index contributed by atoms with van der Waals surface area (Å²) in [5, 5.41) is 9.97. The molecule has 1 aromatic carbocycles. The Kier molecular flexibility index (Phi) is 3.22. The molecule has 16 heavy (non-hydrogen) atoms. The molecule has 1 aromatic heterocycles. The summed E-state index contributed by atoms with van der Waals surface area (Å²) < 4.78 is 0. The second kappa shape index (κ2) is 4.64. The highest BCUT2D eigenvalue weighted by Gasteiger charge is 2.05. The van der Waals surface area contributed by atoms with E-state index in [2.05, 4.69) is 4.98 Å². The molecule has 0 atom stereocenters. The Bertz CT molecular complexity index is 494. The molecule has 1 heterocycles. The zero-order valence-electron chi connectivity index (χ0n) is 8.94. The molecule has 2 nitrogen and oxygen atoms in total. The third kappa shape index (κ3) is 2.23. The lowest BCUT2D eigenvalue weighted by molar-refractivity contribution is 0.277. The van der Waals surface area contributed by atoms with Crippen LogP contribution < -0.4 is 0 Å². The highest BCUT2D eigenvalue weighted by atomic mass is 35.5. The Morgan fingerprint density at radius 2 is 1.81 bits per heavy atom. The average molecular weight is 234 g/mol. The zero-order valence-corrected chi connectivity index (χ0v) is 9.70. The SMILES string of the molecule is Cc1ccc(-c2ccc(Cl)cc2)c(CO)n1. The molecule has 0 amide bonds. The number of rotatable bonds is 2. The van der Waals surface area contributed by atoms with E-state index in [4.69, 9.17) is 11.6 Å². The number of hydrogen-bond donors (Lipinski definition) is 1. The lowest BCUT2D eigenvalue weighted by Gasteiger charge is -2.07. The lowest BCUT2D eigenvalue weighted by atomic mass is 10.0. The van der Waals surface area contributed by atoms with Crippen LogP contribution in [0.3, 0.4) is 0 Å². The lowest BCUT2D eigenvalue weighted by Crippen LogP contribution is -1.95. The Morgan fingerprint density at radius 1 is 1.12 bits per heavy atom. The molecule has 0 spiro atoms. The molecule has 3 heteroatoms. The van der Waals surface area contributed by atoms with Gasteiger partial charge in [-0.15, -0.1) is 0 Å². The van der Waals surface area contributed by atoms with Gasteiger partial charge >= 0.3 is 0 Å². The topological polar surface area (TPSA) is 33.1 Å². The van der Waals surface area contributed by atoms with Crippen molar-refractivity contribution in [3.8, 4) is 11.1 Å². The van der Waals surface area contributed by atoms with Gasteiger partial charge in [-0.05, 0) is 30.7 Å². The van der Waals surface area contributed by atoms with Crippen molar-refractivity contribution < 1.29 is 5.11 Å². The monoisotopic (exact) mass is 233 g/mol. The molecule has 2 rings (SSSR count). The van der Waals surface area contributed by atoms with Crippen LogP contribution in [0.5, 0.6) is 0 Å². The molecule has 0 aliphatic heterocycles. The third-order valence-electron chi connectivity index (χ3n) is 2.42. The quantitative estimate of drug-likeness (QED) is 0.864. The molecule has 0 aliphatic rings. The largest absolute Gasteiger partial charge is 0.390 e. The van der Waals surface area contributed by atoms with Gasteiger partial charge < -0.3 is 5.11 Å². The first-order chi connectivity index (χ1) is 7.70. The Balaban J connectivity index is 2.51. The van der Waals surface area contributed by atoms with Gasteiger partial charge in [0.05, 0.1) is 12.3 Å². The van der Waals surface area contributed by atoms with Crippen molar-refractivity contribution in [1.29, 1.82) is 0 Å². The van der Waals surface area contributed by atoms with Gasteiger partial charge in [0.1, 0.15) is 0 Å². The maximum Gasteiger partial charge on any atom is 0.0859 e. The summed E-state index contributed by atoms with van der Waals surface area (Å²) in [6.45, 7) is 1.85. The van der Waals surface area contributed by atoms with Gasteiger partial charge in [-0.25, -0.2) is 0 Å². The van der Waals surface area contributed by atoms with Gasteiger partial charge in [0, 0.05) is 16.3 Å². The zero-order chi connectivity index (χ0) is 11.5. The minimum absolute atomic E-state index is 0.0559. The van der Waals surface area contributed by atoms with Crippen LogP contribution in [0.2, 0.25) is 5.02 Å². The fourth-order valence-corrected chi connectivity index (χ4v) is 1.75. The van der Waals surface area contributed by atoms with Crippen molar-refractivity contribution in [2.75, 3.05) is 0 Å². The first kappa shape index (κ1) is 11.1. The van der Waals surface area contributed by atoms with Crippen molar-refractivity contribution in [2.45, 2.75) is 13.5 Å². The van der Waals surface area contributed by atoms with E-state index in [9.17, 15) is 5.11 Å². The van der Waals surface area contributed by atoms with Crippen molar-refractivity contribution in [3.05, 3.63) is 52.8 Å². The van der Waals surface area contributed by atoms with Crippen LogP contribution in [0.15, 0.2) is 36.4 Å². The minimum Gasteiger partial charge on any atom is -0.390 e. The Morgan fingerprint density at radius 3 is 2.44 bits per heavy atom. The summed E-state index contributed by atoms with van der Waals surface area (Å²) in [6, 6.07) is 11.4. The number of nitrogens with zero attached hydrogens (tertiary/aromatic N) is 1. The van der Waals surface area contributed by atoms with E-state index in [1.54, 1.807) is 0 Å². The fraction of sp³-hybridized carbons (Fsp3) is 0.154.